The highest BCUT2D eigenvalue weighted by molar-refractivity contribution is 5.74. The molecule has 2 atom stereocenters. The SMILES string of the molecule is COC(=O)C(C)Oc1cc(C)ccc1[C@@H](C)O. The molecular weight excluding hydrogens is 220 g/mol. The van der Waals surface area contributed by atoms with Crippen LogP contribution in [0.4, 0.5) is 0 Å². The second kappa shape index (κ2) is 5.68. The molecule has 0 aromatic heterocycles. The third-order valence-electron chi connectivity index (χ3n) is 2.46. The standard InChI is InChI=1S/C13H18O4/c1-8-5-6-11(9(2)14)12(7-8)17-10(3)13(15)16-4/h5-7,9-10,14H,1-4H3/t9-,10?/m1/s1. The fourth-order valence-corrected chi connectivity index (χ4v) is 1.49. The van der Waals surface area contributed by atoms with E-state index >= 15 is 0 Å². The molecular formula is C13H18O4. The maximum atomic E-state index is 11.3. The zero-order valence-electron chi connectivity index (χ0n) is 10.6. The molecule has 4 heteroatoms. The fourth-order valence-electron chi connectivity index (χ4n) is 1.49. The van der Waals surface area contributed by atoms with Crippen LogP contribution in [-0.2, 0) is 9.53 Å². The van der Waals surface area contributed by atoms with E-state index in [2.05, 4.69) is 4.74 Å². The zero-order valence-corrected chi connectivity index (χ0v) is 10.6. The number of aliphatic hydroxyl groups excluding tert-OH is 1. The Labute approximate surface area is 101 Å². The van der Waals surface area contributed by atoms with Crippen LogP contribution in [0.25, 0.3) is 0 Å². The van der Waals surface area contributed by atoms with Gasteiger partial charge in [0, 0.05) is 5.56 Å². The molecule has 0 aliphatic carbocycles. The van der Waals surface area contributed by atoms with Gasteiger partial charge < -0.3 is 14.6 Å². The first-order valence-corrected chi connectivity index (χ1v) is 5.48. The summed E-state index contributed by atoms with van der Waals surface area (Å²) in [6, 6.07) is 5.47. The Morgan fingerprint density at radius 3 is 2.53 bits per heavy atom. The molecule has 17 heavy (non-hydrogen) atoms. The highest BCUT2D eigenvalue weighted by Crippen LogP contribution is 2.27. The summed E-state index contributed by atoms with van der Waals surface area (Å²) in [6.07, 6.45) is -1.34. The largest absolute Gasteiger partial charge is 0.479 e. The molecule has 1 aromatic rings. The van der Waals surface area contributed by atoms with Gasteiger partial charge in [0.2, 0.25) is 0 Å². The number of ether oxygens (including phenoxy) is 2. The Hall–Kier alpha value is -1.55. The van der Waals surface area contributed by atoms with Crippen LogP contribution in [0.5, 0.6) is 5.75 Å². The summed E-state index contributed by atoms with van der Waals surface area (Å²) in [7, 11) is 1.31. The molecule has 0 saturated heterocycles. The molecule has 0 heterocycles. The second-order valence-corrected chi connectivity index (χ2v) is 4.00. The second-order valence-electron chi connectivity index (χ2n) is 4.00. The van der Waals surface area contributed by atoms with Crippen molar-refractivity contribution in [3.63, 3.8) is 0 Å². The van der Waals surface area contributed by atoms with Crippen molar-refractivity contribution in [2.24, 2.45) is 0 Å². The van der Waals surface area contributed by atoms with Gasteiger partial charge in [-0.3, -0.25) is 0 Å². The molecule has 0 saturated carbocycles. The van der Waals surface area contributed by atoms with E-state index < -0.39 is 18.2 Å². The summed E-state index contributed by atoms with van der Waals surface area (Å²) in [5.41, 5.74) is 1.66. The van der Waals surface area contributed by atoms with E-state index in [1.807, 2.05) is 13.0 Å². The van der Waals surface area contributed by atoms with E-state index in [9.17, 15) is 9.90 Å². The number of carbonyl (C=O) groups excluding carboxylic acids is 1. The Balaban J connectivity index is 2.96. The van der Waals surface area contributed by atoms with Gasteiger partial charge >= 0.3 is 5.97 Å². The zero-order chi connectivity index (χ0) is 13.0. The Morgan fingerprint density at radius 1 is 1.35 bits per heavy atom. The first-order chi connectivity index (χ1) is 7.95. The van der Waals surface area contributed by atoms with Gasteiger partial charge in [0.05, 0.1) is 13.2 Å². The molecule has 1 unspecified atom stereocenters. The maximum absolute atomic E-state index is 11.3. The van der Waals surface area contributed by atoms with Crippen LogP contribution in [0.15, 0.2) is 18.2 Å². The number of aryl methyl sites for hydroxylation is 1. The molecule has 0 aliphatic rings. The van der Waals surface area contributed by atoms with Gasteiger partial charge in [-0.2, -0.15) is 0 Å². The summed E-state index contributed by atoms with van der Waals surface area (Å²) in [4.78, 5) is 11.3. The smallest absolute Gasteiger partial charge is 0.346 e. The van der Waals surface area contributed by atoms with E-state index in [1.54, 1.807) is 26.0 Å². The van der Waals surface area contributed by atoms with Crippen molar-refractivity contribution in [2.45, 2.75) is 33.0 Å². The van der Waals surface area contributed by atoms with Crippen LogP contribution < -0.4 is 4.74 Å². The average molecular weight is 238 g/mol. The van der Waals surface area contributed by atoms with E-state index in [-0.39, 0.29) is 0 Å². The van der Waals surface area contributed by atoms with Crippen LogP contribution in [0, 0.1) is 6.92 Å². The number of aliphatic hydroxyl groups is 1. The summed E-state index contributed by atoms with van der Waals surface area (Å²) in [5, 5.41) is 9.61. The van der Waals surface area contributed by atoms with Gasteiger partial charge in [-0.1, -0.05) is 12.1 Å². The van der Waals surface area contributed by atoms with Crippen LogP contribution in [0.3, 0.4) is 0 Å². The number of hydrogen-bond acceptors (Lipinski definition) is 4. The van der Waals surface area contributed by atoms with Crippen molar-refractivity contribution in [1.82, 2.24) is 0 Å². The minimum absolute atomic E-state index is 0.442. The predicted molar refractivity (Wildman–Crippen MR) is 63.9 cm³/mol. The molecule has 0 radical (unpaired) electrons. The summed E-state index contributed by atoms with van der Waals surface area (Å²) in [5.74, 6) is 0.0703. The van der Waals surface area contributed by atoms with Gasteiger partial charge in [-0.15, -0.1) is 0 Å². The van der Waals surface area contributed by atoms with E-state index in [0.29, 0.717) is 11.3 Å². The number of rotatable bonds is 4. The number of benzene rings is 1. The summed E-state index contributed by atoms with van der Waals surface area (Å²) < 4.78 is 10.1. The molecule has 0 spiro atoms. The number of esters is 1. The van der Waals surface area contributed by atoms with E-state index in [4.69, 9.17) is 4.74 Å². The maximum Gasteiger partial charge on any atom is 0.346 e. The molecule has 94 valence electrons. The lowest BCUT2D eigenvalue weighted by Gasteiger charge is -2.17. The average Bonchev–Trinajstić information content (AvgIpc) is 2.27. The first-order valence-electron chi connectivity index (χ1n) is 5.48. The van der Waals surface area contributed by atoms with E-state index in [0.717, 1.165) is 5.56 Å². The Morgan fingerprint density at radius 2 is 2.00 bits per heavy atom. The van der Waals surface area contributed by atoms with Crippen molar-refractivity contribution in [3.05, 3.63) is 29.3 Å². The number of carbonyl (C=O) groups is 1. The molecule has 1 N–H and O–H groups in total. The number of methoxy groups -OCH3 is 1. The lowest BCUT2D eigenvalue weighted by Crippen LogP contribution is -2.25. The van der Waals surface area contributed by atoms with Gasteiger partial charge in [0.25, 0.3) is 0 Å². The van der Waals surface area contributed by atoms with Crippen LogP contribution in [0.1, 0.15) is 31.1 Å². The monoisotopic (exact) mass is 238 g/mol. The van der Waals surface area contributed by atoms with Gasteiger partial charge in [0.1, 0.15) is 5.75 Å². The highest BCUT2D eigenvalue weighted by Gasteiger charge is 2.18. The first kappa shape index (κ1) is 13.5. The lowest BCUT2D eigenvalue weighted by molar-refractivity contribution is -0.148. The van der Waals surface area contributed by atoms with E-state index in [1.165, 1.54) is 7.11 Å². The molecule has 0 fully saturated rings. The predicted octanol–water partition coefficient (Wildman–Crippen LogP) is 1.99. The quantitative estimate of drug-likeness (QED) is 0.815. The van der Waals surface area contributed by atoms with Crippen LogP contribution in [0.2, 0.25) is 0 Å². The van der Waals surface area contributed by atoms with Crippen molar-refractivity contribution in [2.75, 3.05) is 7.11 Å². The minimum atomic E-state index is -0.695. The molecule has 4 nitrogen and oxygen atoms in total. The Kier molecular flexibility index (Phi) is 4.52. The van der Waals surface area contributed by atoms with Gasteiger partial charge in [-0.05, 0) is 32.4 Å². The topological polar surface area (TPSA) is 55.8 Å². The molecule has 0 amide bonds. The van der Waals surface area contributed by atoms with Crippen LogP contribution >= 0.6 is 0 Å². The van der Waals surface area contributed by atoms with Crippen LogP contribution in [-0.4, -0.2) is 24.3 Å². The third-order valence-corrected chi connectivity index (χ3v) is 2.46. The lowest BCUT2D eigenvalue weighted by atomic mass is 10.1. The Bertz CT molecular complexity index is 398. The molecule has 0 aliphatic heterocycles. The molecule has 0 bridgehead atoms. The van der Waals surface area contributed by atoms with Crippen molar-refractivity contribution >= 4 is 5.97 Å². The normalized spacial score (nSPS) is 13.9. The number of hydrogen-bond donors (Lipinski definition) is 1. The molecule has 1 aromatic carbocycles. The molecule has 1 rings (SSSR count). The van der Waals surface area contributed by atoms with Gasteiger partial charge in [0.15, 0.2) is 6.10 Å². The third kappa shape index (κ3) is 3.46. The minimum Gasteiger partial charge on any atom is -0.479 e. The summed E-state index contributed by atoms with van der Waals surface area (Å²) in [6.45, 7) is 5.18. The fraction of sp³-hybridized carbons (Fsp3) is 0.462. The van der Waals surface area contributed by atoms with Crippen molar-refractivity contribution in [3.8, 4) is 5.75 Å². The summed E-state index contributed by atoms with van der Waals surface area (Å²) >= 11 is 0. The van der Waals surface area contributed by atoms with Crippen molar-refractivity contribution in [1.29, 1.82) is 0 Å². The highest BCUT2D eigenvalue weighted by atomic mass is 16.6. The van der Waals surface area contributed by atoms with Crippen molar-refractivity contribution < 1.29 is 19.4 Å². The van der Waals surface area contributed by atoms with Gasteiger partial charge in [-0.25, -0.2) is 4.79 Å².